The van der Waals surface area contributed by atoms with Crippen molar-refractivity contribution in [2.24, 2.45) is 0 Å². The van der Waals surface area contributed by atoms with Gasteiger partial charge < -0.3 is 4.74 Å². The Morgan fingerprint density at radius 1 is 0.667 bits per heavy atom. The van der Waals surface area contributed by atoms with Gasteiger partial charge in [0, 0.05) is 0 Å². The first-order valence-corrected chi connectivity index (χ1v) is 10.6. The van der Waals surface area contributed by atoms with E-state index in [2.05, 4.69) is 18.7 Å². The first-order valence-electron chi connectivity index (χ1n) is 10.6. The third-order valence-corrected chi connectivity index (χ3v) is 4.48. The predicted octanol–water partition coefficient (Wildman–Crippen LogP) is 5.96. The first-order chi connectivity index (χ1) is 11.7. The van der Waals surface area contributed by atoms with Crippen LogP contribution in [0.3, 0.4) is 0 Å². The highest BCUT2D eigenvalue weighted by molar-refractivity contribution is 5.71. The monoisotopic (exact) mass is 341 g/mol. The van der Waals surface area contributed by atoms with Crippen molar-refractivity contribution in [3.8, 4) is 0 Å². The van der Waals surface area contributed by atoms with E-state index < -0.39 is 0 Å². The van der Waals surface area contributed by atoms with Crippen LogP contribution in [-0.2, 0) is 9.53 Å². The zero-order chi connectivity index (χ0) is 17.9. The number of hydrogen-bond acceptors (Lipinski definition) is 3. The van der Waals surface area contributed by atoms with Gasteiger partial charge in [-0.25, -0.2) is 0 Å². The summed E-state index contributed by atoms with van der Waals surface area (Å²) in [6.07, 6.45) is 16.6. The van der Waals surface area contributed by atoms with Crippen molar-refractivity contribution < 1.29 is 9.53 Å². The van der Waals surface area contributed by atoms with Gasteiger partial charge in [-0.1, -0.05) is 85.0 Å². The van der Waals surface area contributed by atoms with Crippen LogP contribution in [0.1, 0.15) is 104 Å². The molecular weight excluding hydrogens is 298 g/mol. The van der Waals surface area contributed by atoms with Crippen LogP contribution >= 0.6 is 0 Å². The minimum atomic E-state index is -0.0474. The Labute approximate surface area is 151 Å². The number of rotatable bonds is 18. The molecule has 3 heteroatoms. The summed E-state index contributed by atoms with van der Waals surface area (Å²) in [5.41, 5.74) is 0. The molecule has 0 amide bonds. The molecule has 0 spiro atoms. The maximum absolute atomic E-state index is 11.9. The van der Waals surface area contributed by atoms with Crippen molar-refractivity contribution in [3.63, 3.8) is 0 Å². The lowest BCUT2D eigenvalue weighted by Crippen LogP contribution is -2.33. The minimum Gasteiger partial charge on any atom is -0.465 e. The maximum Gasteiger partial charge on any atom is 0.320 e. The average Bonchev–Trinajstić information content (AvgIpc) is 2.58. The Bertz CT molecular complexity index is 253. The SMILES string of the molecule is CCCCCCCCN(CCCCCCCC)CC(=O)OCCC. The number of esters is 1. The van der Waals surface area contributed by atoms with Crippen molar-refractivity contribution in [1.82, 2.24) is 4.90 Å². The van der Waals surface area contributed by atoms with Crippen LogP contribution in [-0.4, -0.2) is 37.1 Å². The van der Waals surface area contributed by atoms with E-state index in [1.807, 2.05) is 6.92 Å². The molecule has 0 aromatic carbocycles. The van der Waals surface area contributed by atoms with Crippen LogP contribution in [0.4, 0.5) is 0 Å². The van der Waals surface area contributed by atoms with Gasteiger partial charge in [0.25, 0.3) is 0 Å². The van der Waals surface area contributed by atoms with Crippen LogP contribution in [0.2, 0.25) is 0 Å². The lowest BCUT2D eigenvalue weighted by atomic mass is 10.1. The van der Waals surface area contributed by atoms with E-state index in [0.29, 0.717) is 13.2 Å². The molecule has 0 aliphatic carbocycles. The summed E-state index contributed by atoms with van der Waals surface area (Å²) in [6.45, 7) is 9.67. The highest BCUT2D eigenvalue weighted by Gasteiger charge is 2.11. The van der Waals surface area contributed by atoms with Gasteiger partial charge in [-0.15, -0.1) is 0 Å². The Morgan fingerprint density at radius 2 is 1.12 bits per heavy atom. The molecule has 0 aromatic rings. The van der Waals surface area contributed by atoms with Crippen LogP contribution in [0.5, 0.6) is 0 Å². The molecule has 0 saturated carbocycles. The normalized spacial score (nSPS) is 11.2. The number of unbranched alkanes of at least 4 members (excludes halogenated alkanes) is 10. The molecule has 0 fully saturated rings. The fourth-order valence-electron chi connectivity index (χ4n) is 2.95. The van der Waals surface area contributed by atoms with E-state index in [4.69, 9.17) is 4.74 Å². The number of carbonyl (C=O) groups excluding carboxylic acids is 1. The van der Waals surface area contributed by atoms with E-state index >= 15 is 0 Å². The molecule has 0 atom stereocenters. The third kappa shape index (κ3) is 16.3. The molecule has 0 saturated heterocycles. The van der Waals surface area contributed by atoms with Gasteiger partial charge in [-0.2, -0.15) is 0 Å². The fourth-order valence-corrected chi connectivity index (χ4v) is 2.95. The molecule has 0 rings (SSSR count). The van der Waals surface area contributed by atoms with Crippen molar-refractivity contribution in [3.05, 3.63) is 0 Å². The van der Waals surface area contributed by atoms with Gasteiger partial charge in [-0.05, 0) is 32.4 Å². The van der Waals surface area contributed by atoms with Crippen molar-refractivity contribution in [2.75, 3.05) is 26.2 Å². The van der Waals surface area contributed by atoms with Crippen LogP contribution in [0.15, 0.2) is 0 Å². The van der Waals surface area contributed by atoms with E-state index in [0.717, 1.165) is 19.5 Å². The Morgan fingerprint density at radius 3 is 1.58 bits per heavy atom. The molecule has 0 radical (unpaired) electrons. The lowest BCUT2D eigenvalue weighted by Gasteiger charge is -2.21. The summed E-state index contributed by atoms with van der Waals surface area (Å²) >= 11 is 0. The molecule has 0 N–H and O–H groups in total. The smallest absolute Gasteiger partial charge is 0.320 e. The Kier molecular flexibility index (Phi) is 18.3. The molecular formula is C21H43NO2. The molecule has 0 heterocycles. The highest BCUT2D eigenvalue weighted by Crippen LogP contribution is 2.09. The Hall–Kier alpha value is -0.570. The second-order valence-electron chi connectivity index (χ2n) is 7.03. The van der Waals surface area contributed by atoms with Crippen molar-refractivity contribution in [1.29, 1.82) is 0 Å². The summed E-state index contributed by atoms with van der Waals surface area (Å²) in [5, 5.41) is 0. The van der Waals surface area contributed by atoms with E-state index in [1.165, 1.54) is 77.0 Å². The fraction of sp³-hybridized carbons (Fsp3) is 0.952. The van der Waals surface area contributed by atoms with Gasteiger partial charge in [0.15, 0.2) is 0 Å². The zero-order valence-corrected chi connectivity index (χ0v) is 16.8. The molecule has 0 aliphatic rings. The summed E-state index contributed by atoms with van der Waals surface area (Å²) in [4.78, 5) is 14.2. The second-order valence-corrected chi connectivity index (χ2v) is 7.03. The van der Waals surface area contributed by atoms with Crippen LogP contribution in [0, 0.1) is 0 Å². The molecule has 0 aliphatic heterocycles. The van der Waals surface area contributed by atoms with E-state index in [-0.39, 0.29) is 5.97 Å². The maximum atomic E-state index is 11.9. The zero-order valence-electron chi connectivity index (χ0n) is 16.8. The van der Waals surface area contributed by atoms with E-state index in [1.54, 1.807) is 0 Å². The topological polar surface area (TPSA) is 29.5 Å². The molecule has 3 nitrogen and oxygen atoms in total. The van der Waals surface area contributed by atoms with E-state index in [9.17, 15) is 4.79 Å². The molecule has 24 heavy (non-hydrogen) atoms. The molecule has 0 unspecified atom stereocenters. The van der Waals surface area contributed by atoms with Gasteiger partial charge in [0.2, 0.25) is 0 Å². The summed E-state index contributed by atoms with van der Waals surface area (Å²) < 4.78 is 5.26. The number of nitrogens with zero attached hydrogens (tertiary/aromatic N) is 1. The number of ether oxygens (including phenoxy) is 1. The van der Waals surface area contributed by atoms with Gasteiger partial charge in [0.05, 0.1) is 13.2 Å². The van der Waals surface area contributed by atoms with Crippen LogP contribution < -0.4 is 0 Å². The largest absolute Gasteiger partial charge is 0.465 e. The number of carbonyl (C=O) groups is 1. The van der Waals surface area contributed by atoms with Gasteiger partial charge >= 0.3 is 5.97 Å². The lowest BCUT2D eigenvalue weighted by molar-refractivity contribution is -0.145. The molecule has 0 bridgehead atoms. The standard InChI is InChI=1S/C21H43NO2/c1-4-7-9-11-13-15-17-22(20-21(23)24-19-6-3)18-16-14-12-10-8-5-2/h4-20H2,1-3H3. The summed E-state index contributed by atoms with van der Waals surface area (Å²) in [5.74, 6) is -0.0474. The quantitative estimate of drug-likeness (QED) is 0.227. The minimum absolute atomic E-state index is 0.0474. The van der Waals surface area contributed by atoms with Crippen molar-refractivity contribution >= 4 is 5.97 Å². The summed E-state index contributed by atoms with van der Waals surface area (Å²) in [6, 6.07) is 0. The molecule has 0 aromatic heterocycles. The molecule has 144 valence electrons. The van der Waals surface area contributed by atoms with Gasteiger partial charge in [0.1, 0.15) is 0 Å². The highest BCUT2D eigenvalue weighted by atomic mass is 16.5. The van der Waals surface area contributed by atoms with Crippen LogP contribution in [0.25, 0.3) is 0 Å². The Balaban J connectivity index is 3.93. The van der Waals surface area contributed by atoms with Gasteiger partial charge in [-0.3, -0.25) is 9.69 Å². The summed E-state index contributed by atoms with van der Waals surface area (Å²) in [7, 11) is 0. The third-order valence-electron chi connectivity index (χ3n) is 4.48. The average molecular weight is 342 g/mol. The second kappa shape index (κ2) is 18.8. The predicted molar refractivity (Wildman–Crippen MR) is 104 cm³/mol. The van der Waals surface area contributed by atoms with Crippen molar-refractivity contribution in [2.45, 2.75) is 104 Å². The first kappa shape index (κ1) is 23.4. The number of hydrogen-bond donors (Lipinski definition) is 0.